The van der Waals surface area contributed by atoms with Gasteiger partial charge in [-0.2, -0.15) is 0 Å². The fourth-order valence-corrected chi connectivity index (χ4v) is 3.04. The summed E-state index contributed by atoms with van der Waals surface area (Å²) < 4.78 is 46.5. The number of hydrogen-bond donors (Lipinski definition) is 1. The maximum absolute atomic E-state index is 13.0. The minimum Gasteiger partial charge on any atom is -0.492 e. The summed E-state index contributed by atoms with van der Waals surface area (Å²) in [5, 5.41) is 2.78. The summed E-state index contributed by atoms with van der Waals surface area (Å²) in [6.07, 6.45) is 1.14. The summed E-state index contributed by atoms with van der Waals surface area (Å²) in [7, 11) is -3.11. The monoisotopic (exact) mass is 443 g/mol. The van der Waals surface area contributed by atoms with Crippen LogP contribution in [0.1, 0.15) is 15.9 Å². The lowest BCUT2D eigenvalue weighted by Gasteiger charge is -2.10. The van der Waals surface area contributed by atoms with Gasteiger partial charge in [0.2, 0.25) is 0 Å². The van der Waals surface area contributed by atoms with E-state index < -0.39 is 9.84 Å². The van der Waals surface area contributed by atoms with Gasteiger partial charge >= 0.3 is 0 Å². The molecule has 0 saturated heterocycles. The van der Waals surface area contributed by atoms with Crippen LogP contribution in [0.5, 0.6) is 11.5 Å². The van der Waals surface area contributed by atoms with Crippen molar-refractivity contribution in [2.24, 2.45) is 0 Å². The van der Waals surface area contributed by atoms with E-state index >= 15 is 0 Å². The van der Waals surface area contributed by atoms with E-state index in [4.69, 9.17) is 9.47 Å². The van der Waals surface area contributed by atoms with Crippen LogP contribution in [0.25, 0.3) is 0 Å². The van der Waals surface area contributed by atoms with E-state index in [2.05, 4.69) is 5.32 Å². The highest BCUT2D eigenvalue weighted by atomic mass is 32.2. The van der Waals surface area contributed by atoms with Gasteiger partial charge in [-0.15, -0.1) is 0 Å². The highest BCUT2D eigenvalue weighted by Crippen LogP contribution is 2.20. The zero-order valence-electron chi connectivity index (χ0n) is 16.9. The lowest BCUT2D eigenvalue weighted by molar-refractivity contribution is 0.102. The summed E-state index contributed by atoms with van der Waals surface area (Å²) >= 11 is 0. The molecule has 0 spiro atoms. The first-order valence-corrected chi connectivity index (χ1v) is 11.5. The van der Waals surface area contributed by atoms with Crippen LogP contribution < -0.4 is 14.8 Å². The minimum atomic E-state index is -3.11. The minimum absolute atomic E-state index is 0.0314. The number of halogens is 1. The van der Waals surface area contributed by atoms with Crippen LogP contribution in [0.3, 0.4) is 0 Å². The van der Waals surface area contributed by atoms with E-state index in [0.29, 0.717) is 22.7 Å². The Labute approximate surface area is 180 Å². The van der Waals surface area contributed by atoms with Crippen LogP contribution in [0.2, 0.25) is 0 Å². The molecule has 6 nitrogen and oxygen atoms in total. The Morgan fingerprint density at radius 2 is 1.61 bits per heavy atom. The van der Waals surface area contributed by atoms with Crippen molar-refractivity contribution in [2.45, 2.75) is 6.61 Å². The van der Waals surface area contributed by atoms with Gasteiger partial charge in [0.05, 0.1) is 5.75 Å². The van der Waals surface area contributed by atoms with Crippen molar-refractivity contribution in [3.8, 4) is 11.5 Å². The molecule has 1 N–H and O–H groups in total. The Bertz CT molecular complexity index is 1150. The van der Waals surface area contributed by atoms with Crippen LogP contribution in [-0.4, -0.2) is 32.9 Å². The predicted molar refractivity (Wildman–Crippen MR) is 117 cm³/mol. The molecule has 0 atom stereocenters. The average Bonchev–Trinajstić information content (AvgIpc) is 2.73. The van der Waals surface area contributed by atoms with E-state index in [1.54, 1.807) is 60.7 Å². The number of nitrogens with one attached hydrogen (secondary N) is 1. The molecule has 162 valence electrons. The van der Waals surface area contributed by atoms with E-state index in [-0.39, 0.29) is 30.7 Å². The second kappa shape index (κ2) is 10.1. The van der Waals surface area contributed by atoms with Gasteiger partial charge in [0.25, 0.3) is 5.91 Å². The van der Waals surface area contributed by atoms with Crippen LogP contribution in [-0.2, 0) is 16.4 Å². The maximum Gasteiger partial charge on any atom is 0.255 e. The van der Waals surface area contributed by atoms with Crippen LogP contribution in [0.4, 0.5) is 10.1 Å². The number of benzene rings is 3. The molecule has 0 aliphatic rings. The molecule has 0 aliphatic carbocycles. The van der Waals surface area contributed by atoms with Gasteiger partial charge in [0.15, 0.2) is 9.84 Å². The van der Waals surface area contributed by atoms with Crippen LogP contribution >= 0.6 is 0 Å². The van der Waals surface area contributed by atoms with Gasteiger partial charge in [-0.1, -0.05) is 24.3 Å². The Hall–Kier alpha value is -3.39. The van der Waals surface area contributed by atoms with E-state index in [9.17, 15) is 17.6 Å². The Morgan fingerprint density at radius 3 is 2.32 bits per heavy atom. The van der Waals surface area contributed by atoms with Gasteiger partial charge in [-0.3, -0.25) is 4.79 Å². The topological polar surface area (TPSA) is 81.7 Å². The Balaban J connectivity index is 1.59. The van der Waals surface area contributed by atoms with Crippen LogP contribution in [0, 0.1) is 5.82 Å². The van der Waals surface area contributed by atoms with Crippen molar-refractivity contribution in [1.29, 1.82) is 0 Å². The number of anilines is 1. The fraction of sp³-hybridized carbons (Fsp3) is 0.174. The van der Waals surface area contributed by atoms with Crippen molar-refractivity contribution in [1.82, 2.24) is 0 Å². The maximum atomic E-state index is 13.0. The second-order valence-electron chi connectivity index (χ2n) is 6.90. The number of amides is 1. The zero-order valence-corrected chi connectivity index (χ0v) is 17.7. The lowest BCUT2D eigenvalue weighted by Crippen LogP contribution is -2.13. The molecule has 3 rings (SSSR count). The number of carbonyl (C=O) groups is 1. The van der Waals surface area contributed by atoms with Crippen molar-refractivity contribution >= 4 is 21.4 Å². The number of carbonyl (C=O) groups excluding carboxylic acids is 1. The Morgan fingerprint density at radius 1 is 0.935 bits per heavy atom. The van der Waals surface area contributed by atoms with Crippen molar-refractivity contribution in [2.75, 3.05) is 23.9 Å². The standard InChI is InChI=1S/C23H22FNO5S/c1-31(27,28)13-12-29-22-7-3-5-20(15-22)25-23(26)18-4-2-6-21(14-18)30-16-17-8-10-19(24)11-9-17/h2-11,14-15H,12-13,16H2,1H3,(H,25,26). The molecular formula is C23H22FNO5S. The van der Waals surface area contributed by atoms with Crippen molar-refractivity contribution < 1.29 is 27.1 Å². The van der Waals surface area contributed by atoms with E-state index in [0.717, 1.165) is 11.8 Å². The first kappa shape index (κ1) is 22.3. The normalized spacial score (nSPS) is 11.0. The van der Waals surface area contributed by atoms with E-state index in [1.807, 2.05) is 0 Å². The number of ether oxygens (including phenoxy) is 2. The molecule has 0 saturated carbocycles. The third kappa shape index (κ3) is 7.42. The summed E-state index contributed by atoms with van der Waals surface area (Å²) in [6, 6.07) is 19.4. The summed E-state index contributed by atoms with van der Waals surface area (Å²) in [5.74, 6) is 0.231. The van der Waals surface area contributed by atoms with Crippen molar-refractivity contribution in [3.05, 3.63) is 89.7 Å². The van der Waals surface area contributed by atoms with E-state index in [1.165, 1.54) is 12.1 Å². The fourth-order valence-electron chi connectivity index (χ4n) is 2.65. The summed E-state index contributed by atoms with van der Waals surface area (Å²) in [6.45, 7) is 0.280. The molecule has 0 aliphatic heterocycles. The molecule has 0 unspecified atom stereocenters. The van der Waals surface area contributed by atoms with Gasteiger partial charge in [0, 0.05) is 23.6 Å². The second-order valence-corrected chi connectivity index (χ2v) is 9.16. The molecule has 3 aromatic carbocycles. The van der Waals surface area contributed by atoms with Crippen LogP contribution in [0.15, 0.2) is 72.8 Å². The third-order valence-corrected chi connectivity index (χ3v) is 5.14. The molecule has 0 aromatic heterocycles. The highest BCUT2D eigenvalue weighted by molar-refractivity contribution is 7.90. The predicted octanol–water partition coefficient (Wildman–Crippen LogP) is 4.08. The third-order valence-electron chi connectivity index (χ3n) is 4.23. The highest BCUT2D eigenvalue weighted by Gasteiger charge is 2.09. The number of hydrogen-bond acceptors (Lipinski definition) is 5. The first-order valence-electron chi connectivity index (χ1n) is 9.48. The van der Waals surface area contributed by atoms with Gasteiger partial charge in [-0.05, 0) is 48.0 Å². The number of rotatable bonds is 9. The van der Waals surface area contributed by atoms with Gasteiger partial charge in [0.1, 0.15) is 30.5 Å². The molecular weight excluding hydrogens is 421 g/mol. The summed E-state index contributed by atoms with van der Waals surface area (Å²) in [5.41, 5.74) is 1.73. The summed E-state index contributed by atoms with van der Waals surface area (Å²) in [4.78, 5) is 12.6. The molecule has 8 heteroatoms. The average molecular weight is 443 g/mol. The molecule has 0 fully saturated rings. The SMILES string of the molecule is CS(=O)(=O)CCOc1cccc(NC(=O)c2cccc(OCc3ccc(F)cc3)c2)c1. The first-order chi connectivity index (χ1) is 14.8. The van der Waals surface area contributed by atoms with Crippen molar-refractivity contribution in [3.63, 3.8) is 0 Å². The smallest absolute Gasteiger partial charge is 0.255 e. The molecule has 31 heavy (non-hydrogen) atoms. The molecule has 1 amide bonds. The molecule has 0 radical (unpaired) electrons. The largest absolute Gasteiger partial charge is 0.492 e. The molecule has 3 aromatic rings. The quantitative estimate of drug-likeness (QED) is 0.539. The van der Waals surface area contributed by atoms with Gasteiger partial charge < -0.3 is 14.8 Å². The Kier molecular flexibility index (Phi) is 7.25. The molecule has 0 bridgehead atoms. The number of sulfone groups is 1. The lowest BCUT2D eigenvalue weighted by atomic mass is 10.2. The molecule has 0 heterocycles. The zero-order chi connectivity index (χ0) is 22.3. The van der Waals surface area contributed by atoms with Gasteiger partial charge in [-0.25, -0.2) is 12.8 Å².